The SMILES string of the molecule is CC(C)(O)c1cc2ncn(-c3ccccc3)c2cc1N. The lowest BCUT2D eigenvalue weighted by Gasteiger charge is -2.20. The van der Waals surface area contributed by atoms with Crippen molar-refractivity contribution in [2.24, 2.45) is 0 Å². The Morgan fingerprint density at radius 1 is 1.15 bits per heavy atom. The molecule has 0 aliphatic rings. The van der Waals surface area contributed by atoms with Crippen LogP contribution in [0.5, 0.6) is 0 Å². The third kappa shape index (κ3) is 2.04. The second-order valence-electron chi connectivity index (χ2n) is 5.44. The first-order valence-corrected chi connectivity index (χ1v) is 6.51. The molecule has 4 nitrogen and oxygen atoms in total. The number of hydrogen-bond acceptors (Lipinski definition) is 3. The lowest BCUT2D eigenvalue weighted by Crippen LogP contribution is -2.17. The van der Waals surface area contributed by atoms with Crippen molar-refractivity contribution in [3.05, 3.63) is 54.4 Å². The lowest BCUT2D eigenvalue weighted by atomic mass is 9.96. The molecule has 0 saturated heterocycles. The van der Waals surface area contributed by atoms with Gasteiger partial charge in [0, 0.05) is 16.9 Å². The molecule has 0 saturated carbocycles. The second-order valence-corrected chi connectivity index (χ2v) is 5.44. The zero-order valence-corrected chi connectivity index (χ0v) is 11.5. The molecule has 0 amide bonds. The van der Waals surface area contributed by atoms with E-state index >= 15 is 0 Å². The van der Waals surface area contributed by atoms with Gasteiger partial charge in [-0.2, -0.15) is 0 Å². The molecular weight excluding hydrogens is 250 g/mol. The van der Waals surface area contributed by atoms with Crippen LogP contribution < -0.4 is 5.73 Å². The lowest BCUT2D eigenvalue weighted by molar-refractivity contribution is 0.0795. The van der Waals surface area contributed by atoms with E-state index in [2.05, 4.69) is 4.98 Å². The van der Waals surface area contributed by atoms with Crippen LogP contribution in [0.4, 0.5) is 5.69 Å². The first-order valence-electron chi connectivity index (χ1n) is 6.51. The molecule has 0 spiro atoms. The van der Waals surface area contributed by atoms with Gasteiger partial charge in [0.05, 0.1) is 16.6 Å². The summed E-state index contributed by atoms with van der Waals surface area (Å²) < 4.78 is 1.99. The second kappa shape index (κ2) is 4.35. The van der Waals surface area contributed by atoms with Crippen LogP contribution in [0.1, 0.15) is 19.4 Å². The van der Waals surface area contributed by atoms with Gasteiger partial charge in [-0.25, -0.2) is 4.98 Å². The fourth-order valence-corrected chi connectivity index (χ4v) is 2.40. The topological polar surface area (TPSA) is 64.1 Å². The Hall–Kier alpha value is -2.33. The van der Waals surface area contributed by atoms with E-state index in [1.165, 1.54) is 0 Å². The summed E-state index contributed by atoms with van der Waals surface area (Å²) in [5.41, 5.74) is 9.15. The summed E-state index contributed by atoms with van der Waals surface area (Å²) in [6, 6.07) is 13.7. The van der Waals surface area contributed by atoms with Crippen LogP contribution in [-0.2, 0) is 5.60 Å². The summed E-state index contributed by atoms with van der Waals surface area (Å²) in [6.45, 7) is 3.44. The highest BCUT2D eigenvalue weighted by Gasteiger charge is 2.20. The van der Waals surface area contributed by atoms with Crippen molar-refractivity contribution < 1.29 is 5.11 Å². The highest BCUT2D eigenvalue weighted by molar-refractivity contribution is 5.83. The molecule has 0 bridgehead atoms. The summed E-state index contributed by atoms with van der Waals surface area (Å²) >= 11 is 0. The summed E-state index contributed by atoms with van der Waals surface area (Å²) in [7, 11) is 0. The van der Waals surface area contributed by atoms with E-state index < -0.39 is 5.60 Å². The van der Waals surface area contributed by atoms with Gasteiger partial charge in [0.1, 0.15) is 6.33 Å². The van der Waals surface area contributed by atoms with Crippen LogP contribution >= 0.6 is 0 Å². The molecule has 1 heterocycles. The molecule has 3 aromatic rings. The Morgan fingerprint density at radius 3 is 2.50 bits per heavy atom. The molecular formula is C16H17N3O. The Bertz CT molecular complexity index is 754. The molecule has 2 aromatic carbocycles. The predicted octanol–water partition coefficient (Wildman–Crippen LogP) is 2.84. The van der Waals surface area contributed by atoms with E-state index in [1.54, 1.807) is 20.2 Å². The van der Waals surface area contributed by atoms with Gasteiger partial charge in [0.25, 0.3) is 0 Å². The number of nitrogens with two attached hydrogens (primary N) is 1. The van der Waals surface area contributed by atoms with Crippen LogP contribution in [0, 0.1) is 0 Å². The fraction of sp³-hybridized carbons (Fsp3) is 0.188. The molecule has 0 atom stereocenters. The maximum Gasteiger partial charge on any atom is 0.100 e. The number of para-hydroxylation sites is 1. The van der Waals surface area contributed by atoms with Gasteiger partial charge in [-0.15, -0.1) is 0 Å². The van der Waals surface area contributed by atoms with Crippen LogP contribution in [0.3, 0.4) is 0 Å². The number of nitrogen functional groups attached to an aromatic ring is 1. The highest BCUT2D eigenvalue weighted by Crippen LogP contribution is 2.30. The number of benzene rings is 2. The maximum atomic E-state index is 10.1. The molecule has 102 valence electrons. The van der Waals surface area contributed by atoms with E-state index in [-0.39, 0.29) is 0 Å². The third-order valence-corrected chi connectivity index (χ3v) is 3.41. The van der Waals surface area contributed by atoms with Crippen LogP contribution in [0.2, 0.25) is 0 Å². The first-order chi connectivity index (χ1) is 9.47. The standard InChI is InChI=1S/C16H17N3O/c1-16(2,20)12-8-14-15(9-13(12)17)19(10-18-14)11-6-4-3-5-7-11/h3-10,20H,17H2,1-2H3. The molecule has 3 N–H and O–H groups in total. The molecule has 1 aromatic heterocycles. The molecule has 20 heavy (non-hydrogen) atoms. The Labute approximate surface area is 117 Å². The molecule has 0 aliphatic heterocycles. The summed E-state index contributed by atoms with van der Waals surface area (Å²) in [6.07, 6.45) is 1.77. The average molecular weight is 267 g/mol. The fourth-order valence-electron chi connectivity index (χ4n) is 2.40. The van der Waals surface area contributed by atoms with Crippen LogP contribution in [0.25, 0.3) is 16.7 Å². The zero-order chi connectivity index (χ0) is 14.3. The Kier molecular flexibility index (Phi) is 2.76. The number of aromatic nitrogens is 2. The van der Waals surface area contributed by atoms with E-state index in [1.807, 2.05) is 47.0 Å². The molecule has 0 aliphatic carbocycles. The Balaban J connectivity index is 2.23. The minimum Gasteiger partial charge on any atom is -0.398 e. The van der Waals surface area contributed by atoms with Crippen molar-refractivity contribution >= 4 is 16.7 Å². The number of hydrogen-bond donors (Lipinski definition) is 2. The summed E-state index contributed by atoms with van der Waals surface area (Å²) in [5.74, 6) is 0. The largest absolute Gasteiger partial charge is 0.398 e. The maximum absolute atomic E-state index is 10.1. The number of aliphatic hydroxyl groups is 1. The van der Waals surface area contributed by atoms with E-state index in [4.69, 9.17) is 5.73 Å². The minimum absolute atomic E-state index is 0.572. The van der Waals surface area contributed by atoms with Crippen LogP contribution in [0.15, 0.2) is 48.8 Å². The van der Waals surface area contributed by atoms with Gasteiger partial charge in [0.2, 0.25) is 0 Å². The molecule has 4 heteroatoms. The third-order valence-electron chi connectivity index (χ3n) is 3.41. The van der Waals surface area contributed by atoms with E-state index in [9.17, 15) is 5.11 Å². The number of anilines is 1. The highest BCUT2D eigenvalue weighted by atomic mass is 16.3. The number of fused-ring (bicyclic) bond motifs is 1. The van der Waals surface area contributed by atoms with Crippen molar-refractivity contribution in [2.75, 3.05) is 5.73 Å². The number of imidazole rings is 1. The Morgan fingerprint density at radius 2 is 1.85 bits per heavy atom. The molecule has 0 fully saturated rings. The van der Waals surface area contributed by atoms with Crippen molar-refractivity contribution in [1.29, 1.82) is 0 Å². The normalized spacial score (nSPS) is 11.9. The summed E-state index contributed by atoms with van der Waals surface area (Å²) in [5, 5.41) is 10.1. The van der Waals surface area contributed by atoms with Gasteiger partial charge in [-0.3, -0.25) is 4.57 Å². The predicted molar refractivity (Wildman–Crippen MR) is 80.7 cm³/mol. The average Bonchev–Trinajstić information content (AvgIpc) is 2.80. The molecule has 0 radical (unpaired) electrons. The quantitative estimate of drug-likeness (QED) is 0.702. The van der Waals surface area contributed by atoms with E-state index in [0.717, 1.165) is 16.7 Å². The van der Waals surface area contributed by atoms with Gasteiger partial charge >= 0.3 is 0 Å². The zero-order valence-electron chi connectivity index (χ0n) is 11.5. The van der Waals surface area contributed by atoms with Crippen molar-refractivity contribution in [3.8, 4) is 5.69 Å². The van der Waals surface area contributed by atoms with Crippen molar-refractivity contribution in [1.82, 2.24) is 9.55 Å². The molecule has 0 unspecified atom stereocenters. The van der Waals surface area contributed by atoms with Crippen LogP contribution in [-0.4, -0.2) is 14.7 Å². The van der Waals surface area contributed by atoms with Gasteiger partial charge in [-0.05, 0) is 38.1 Å². The van der Waals surface area contributed by atoms with Crippen molar-refractivity contribution in [3.63, 3.8) is 0 Å². The van der Waals surface area contributed by atoms with Crippen molar-refractivity contribution in [2.45, 2.75) is 19.4 Å². The molecule has 3 rings (SSSR count). The van der Waals surface area contributed by atoms with Gasteiger partial charge in [0.15, 0.2) is 0 Å². The number of nitrogens with zero attached hydrogens (tertiary/aromatic N) is 2. The smallest absolute Gasteiger partial charge is 0.100 e. The van der Waals surface area contributed by atoms with Gasteiger partial charge < -0.3 is 10.8 Å². The monoisotopic (exact) mass is 267 g/mol. The minimum atomic E-state index is -0.977. The van der Waals surface area contributed by atoms with Gasteiger partial charge in [-0.1, -0.05) is 18.2 Å². The first kappa shape index (κ1) is 12.7. The number of rotatable bonds is 2. The van der Waals surface area contributed by atoms with E-state index in [0.29, 0.717) is 11.3 Å². The summed E-state index contributed by atoms with van der Waals surface area (Å²) in [4.78, 5) is 4.41.